The number of nitrogens with one attached hydrogen (secondary N) is 1. The van der Waals surface area contributed by atoms with Gasteiger partial charge in [0.15, 0.2) is 5.65 Å². The highest BCUT2D eigenvalue weighted by atomic mass is 15.1. The number of rotatable bonds is 6. The Balaban J connectivity index is 2.00. The summed E-state index contributed by atoms with van der Waals surface area (Å²) in [5.41, 5.74) is 7.95. The standard InChI is InChI=1S/C25H27N5/c1-17-9-5-6-10-19(17)15-20-18(2)21(16-26)25-28-22-11-7-8-12-23(22)30(25)24(20)27-13-14-29(3)4/h5-12,27H,13-15H2,1-4H3. The Morgan fingerprint density at radius 3 is 2.53 bits per heavy atom. The third-order valence-corrected chi connectivity index (χ3v) is 5.71. The first kappa shape index (κ1) is 19.9. The lowest BCUT2D eigenvalue weighted by Crippen LogP contribution is -2.22. The lowest BCUT2D eigenvalue weighted by atomic mass is 9.95. The van der Waals surface area contributed by atoms with E-state index in [2.05, 4.69) is 72.0 Å². The number of aryl methyl sites for hydroxylation is 1. The monoisotopic (exact) mass is 397 g/mol. The first-order chi connectivity index (χ1) is 14.5. The Morgan fingerprint density at radius 2 is 1.80 bits per heavy atom. The molecule has 0 spiro atoms. The number of fused-ring (bicyclic) bond motifs is 3. The molecule has 0 amide bonds. The number of benzene rings is 2. The van der Waals surface area contributed by atoms with Crippen LogP contribution in [-0.2, 0) is 6.42 Å². The zero-order chi connectivity index (χ0) is 21.3. The second kappa shape index (κ2) is 8.17. The van der Waals surface area contributed by atoms with Crippen molar-refractivity contribution in [2.45, 2.75) is 20.3 Å². The second-order valence-corrected chi connectivity index (χ2v) is 8.03. The maximum Gasteiger partial charge on any atom is 0.157 e. The van der Waals surface area contributed by atoms with E-state index >= 15 is 0 Å². The Hall–Kier alpha value is -3.36. The van der Waals surface area contributed by atoms with Crippen molar-refractivity contribution in [1.29, 1.82) is 5.26 Å². The van der Waals surface area contributed by atoms with Crippen LogP contribution in [0.5, 0.6) is 0 Å². The molecule has 0 atom stereocenters. The lowest BCUT2D eigenvalue weighted by molar-refractivity contribution is 0.425. The topological polar surface area (TPSA) is 56.4 Å². The van der Waals surface area contributed by atoms with E-state index in [0.29, 0.717) is 5.56 Å². The van der Waals surface area contributed by atoms with Crippen molar-refractivity contribution in [3.8, 4) is 6.07 Å². The zero-order valence-corrected chi connectivity index (χ0v) is 18.0. The maximum atomic E-state index is 10.00. The zero-order valence-electron chi connectivity index (χ0n) is 18.0. The number of hydrogen-bond acceptors (Lipinski definition) is 4. The van der Waals surface area contributed by atoms with Gasteiger partial charge in [0.2, 0.25) is 0 Å². The number of para-hydroxylation sites is 2. The van der Waals surface area contributed by atoms with Crippen LogP contribution < -0.4 is 5.32 Å². The first-order valence-electron chi connectivity index (χ1n) is 10.3. The van der Waals surface area contributed by atoms with Gasteiger partial charge < -0.3 is 10.2 Å². The molecule has 0 saturated heterocycles. The third-order valence-electron chi connectivity index (χ3n) is 5.71. The van der Waals surface area contributed by atoms with Gasteiger partial charge in [0.05, 0.1) is 16.6 Å². The number of pyridine rings is 1. The molecule has 5 heteroatoms. The number of hydrogen-bond donors (Lipinski definition) is 1. The van der Waals surface area contributed by atoms with E-state index in [9.17, 15) is 5.26 Å². The van der Waals surface area contributed by atoms with Crippen LogP contribution in [0.15, 0.2) is 48.5 Å². The molecular formula is C25H27N5. The Morgan fingerprint density at radius 1 is 1.07 bits per heavy atom. The Labute approximate surface area is 177 Å². The summed E-state index contributed by atoms with van der Waals surface area (Å²) in [5.74, 6) is 1.03. The summed E-state index contributed by atoms with van der Waals surface area (Å²) < 4.78 is 2.13. The molecule has 0 saturated carbocycles. The molecule has 2 heterocycles. The molecule has 30 heavy (non-hydrogen) atoms. The molecule has 1 N–H and O–H groups in total. The molecule has 0 bridgehead atoms. The van der Waals surface area contributed by atoms with Crippen LogP contribution in [0.2, 0.25) is 0 Å². The van der Waals surface area contributed by atoms with Gasteiger partial charge in [0.25, 0.3) is 0 Å². The van der Waals surface area contributed by atoms with Crippen LogP contribution in [0.1, 0.15) is 27.8 Å². The van der Waals surface area contributed by atoms with Gasteiger partial charge in [-0.2, -0.15) is 5.26 Å². The van der Waals surface area contributed by atoms with Crippen molar-refractivity contribution in [2.75, 3.05) is 32.5 Å². The van der Waals surface area contributed by atoms with Gasteiger partial charge in [-0.25, -0.2) is 4.98 Å². The van der Waals surface area contributed by atoms with Crippen molar-refractivity contribution in [1.82, 2.24) is 14.3 Å². The number of aromatic nitrogens is 2. The average molecular weight is 398 g/mol. The number of anilines is 1. The number of nitriles is 1. The average Bonchev–Trinajstić information content (AvgIpc) is 3.10. The van der Waals surface area contributed by atoms with Gasteiger partial charge in [-0.15, -0.1) is 0 Å². The van der Waals surface area contributed by atoms with E-state index in [4.69, 9.17) is 4.98 Å². The van der Waals surface area contributed by atoms with E-state index in [1.807, 2.05) is 25.1 Å². The SMILES string of the molecule is Cc1ccccc1Cc1c(C)c(C#N)c2nc3ccccc3n2c1NCCN(C)C. The molecule has 0 aliphatic rings. The highest BCUT2D eigenvalue weighted by Gasteiger charge is 2.21. The van der Waals surface area contributed by atoms with E-state index in [-0.39, 0.29) is 0 Å². The molecule has 5 nitrogen and oxygen atoms in total. The number of imidazole rings is 1. The van der Waals surface area contributed by atoms with E-state index in [1.54, 1.807) is 0 Å². The van der Waals surface area contributed by atoms with Gasteiger partial charge in [0, 0.05) is 25.1 Å². The molecule has 2 aromatic carbocycles. The highest BCUT2D eigenvalue weighted by Crippen LogP contribution is 2.32. The minimum atomic E-state index is 0.646. The summed E-state index contributed by atoms with van der Waals surface area (Å²) in [5, 5.41) is 13.7. The van der Waals surface area contributed by atoms with Crippen molar-refractivity contribution < 1.29 is 0 Å². The van der Waals surface area contributed by atoms with Gasteiger partial charge in [-0.3, -0.25) is 4.40 Å². The maximum absolute atomic E-state index is 10.00. The van der Waals surface area contributed by atoms with Crippen molar-refractivity contribution in [2.24, 2.45) is 0 Å². The second-order valence-electron chi connectivity index (χ2n) is 8.03. The fourth-order valence-corrected chi connectivity index (χ4v) is 3.98. The minimum absolute atomic E-state index is 0.646. The quantitative estimate of drug-likeness (QED) is 0.519. The van der Waals surface area contributed by atoms with Crippen molar-refractivity contribution in [3.05, 3.63) is 76.3 Å². The summed E-state index contributed by atoms with van der Waals surface area (Å²) in [6.45, 7) is 5.90. The van der Waals surface area contributed by atoms with Crippen LogP contribution in [0.4, 0.5) is 5.82 Å². The number of nitrogens with zero attached hydrogens (tertiary/aromatic N) is 4. The summed E-state index contributed by atoms with van der Waals surface area (Å²) in [7, 11) is 4.14. The smallest absolute Gasteiger partial charge is 0.157 e. The van der Waals surface area contributed by atoms with Crippen molar-refractivity contribution in [3.63, 3.8) is 0 Å². The van der Waals surface area contributed by atoms with E-state index in [0.717, 1.165) is 53.1 Å². The summed E-state index contributed by atoms with van der Waals surface area (Å²) >= 11 is 0. The molecule has 2 aromatic heterocycles. The third kappa shape index (κ3) is 3.51. The molecular weight excluding hydrogens is 370 g/mol. The predicted octanol–water partition coefficient (Wildman–Crippen LogP) is 4.54. The minimum Gasteiger partial charge on any atom is -0.370 e. The van der Waals surface area contributed by atoms with Crippen LogP contribution in [0, 0.1) is 25.2 Å². The highest BCUT2D eigenvalue weighted by molar-refractivity contribution is 5.86. The Bertz CT molecular complexity index is 1260. The Kier molecular flexibility index (Phi) is 5.43. The molecule has 0 fully saturated rings. The largest absolute Gasteiger partial charge is 0.370 e. The molecule has 0 radical (unpaired) electrons. The van der Waals surface area contributed by atoms with E-state index < -0.39 is 0 Å². The first-order valence-corrected chi connectivity index (χ1v) is 10.3. The molecule has 4 rings (SSSR count). The van der Waals surface area contributed by atoms with Gasteiger partial charge in [-0.1, -0.05) is 36.4 Å². The van der Waals surface area contributed by atoms with E-state index in [1.165, 1.54) is 11.1 Å². The van der Waals surface area contributed by atoms with Gasteiger partial charge >= 0.3 is 0 Å². The van der Waals surface area contributed by atoms with Gasteiger partial charge in [-0.05, 0) is 56.8 Å². The molecule has 0 aliphatic heterocycles. The van der Waals surface area contributed by atoms with Crippen molar-refractivity contribution >= 4 is 22.5 Å². The molecule has 152 valence electrons. The summed E-state index contributed by atoms with van der Waals surface area (Å²) in [4.78, 5) is 6.97. The fourth-order valence-electron chi connectivity index (χ4n) is 3.98. The normalized spacial score (nSPS) is 11.3. The van der Waals surface area contributed by atoms with Crippen LogP contribution in [-0.4, -0.2) is 41.5 Å². The summed E-state index contributed by atoms with van der Waals surface area (Å²) in [6.07, 6.45) is 0.764. The predicted molar refractivity (Wildman–Crippen MR) is 123 cm³/mol. The number of likely N-dealkylation sites (N-methyl/N-ethyl adjacent to an activating group) is 1. The summed E-state index contributed by atoms with van der Waals surface area (Å²) in [6, 6.07) is 19.0. The van der Waals surface area contributed by atoms with Crippen LogP contribution >= 0.6 is 0 Å². The molecule has 4 aromatic rings. The molecule has 0 unspecified atom stereocenters. The fraction of sp³-hybridized carbons (Fsp3) is 0.280. The van der Waals surface area contributed by atoms with Crippen LogP contribution in [0.3, 0.4) is 0 Å². The van der Waals surface area contributed by atoms with Crippen LogP contribution in [0.25, 0.3) is 16.7 Å². The molecule has 0 aliphatic carbocycles. The van der Waals surface area contributed by atoms with Gasteiger partial charge in [0.1, 0.15) is 11.9 Å². The lowest BCUT2D eigenvalue weighted by Gasteiger charge is -2.20.